The standard InChI is InChI=1S/C27H30O5/c1-20-24(28)25(29-17-21-11-5-2-6-12-21)26(30-18-22-13-7-3-8-14-22)27(32-20)31-19-23-15-9-4-10-16-23/h2-16,20,24-28H,17-19H2,1H3/t20-,24-,25+,26-,27-/m1/s1. The SMILES string of the molecule is C[C@H]1O[C@@H](OCc2ccccc2)[C@H](OCc2ccccc2)[C@@H](OCc2ccccc2)[C@@H]1O. The van der Waals surface area contributed by atoms with Crippen molar-refractivity contribution in [3.05, 3.63) is 108 Å². The predicted octanol–water partition coefficient (Wildman–Crippen LogP) is 4.48. The van der Waals surface area contributed by atoms with Crippen LogP contribution in [0.2, 0.25) is 0 Å². The van der Waals surface area contributed by atoms with E-state index in [1.165, 1.54) is 0 Å². The summed E-state index contributed by atoms with van der Waals surface area (Å²) in [5.74, 6) is 0. The molecule has 3 aromatic rings. The molecule has 4 rings (SSSR count). The lowest BCUT2D eigenvalue weighted by atomic mass is 9.99. The van der Waals surface area contributed by atoms with Crippen LogP contribution >= 0.6 is 0 Å². The molecule has 168 valence electrons. The van der Waals surface area contributed by atoms with Crippen molar-refractivity contribution in [2.24, 2.45) is 0 Å². The fourth-order valence-corrected chi connectivity index (χ4v) is 3.77. The van der Waals surface area contributed by atoms with E-state index in [0.29, 0.717) is 19.8 Å². The summed E-state index contributed by atoms with van der Waals surface area (Å²) in [6.07, 6.45) is -3.14. The van der Waals surface area contributed by atoms with Crippen molar-refractivity contribution in [3.8, 4) is 0 Å². The monoisotopic (exact) mass is 434 g/mol. The smallest absolute Gasteiger partial charge is 0.187 e. The van der Waals surface area contributed by atoms with Gasteiger partial charge in [0.05, 0.1) is 25.9 Å². The normalized spacial score (nSPS) is 25.5. The van der Waals surface area contributed by atoms with Crippen LogP contribution in [0.25, 0.3) is 0 Å². The maximum absolute atomic E-state index is 10.9. The molecule has 0 aromatic heterocycles. The number of aliphatic hydroxyl groups excluding tert-OH is 1. The van der Waals surface area contributed by atoms with Gasteiger partial charge in [-0.25, -0.2) is 0 Å². The van der Waals surface area contributed by atoms with Gasteiger partial charge in [-0.1, -0.05) is 91.0 Å². The van der Waals surface area contributed by atoms with Gasteiger partial charge < -0.3 is 24.1 Å². The average molecular weight is 435 g/mol. The zero-order valence-electron chi connectivity index (χ0n) is 18.2. The molecule has 0 aliphatic carbocycles. The van der Waals surface area contributed by atoms with Gasteiger partial charge in [0.1, 0.15) is 18.3 Å². The van der Waals surface area contributed by atoms with Crippen LogP contribution in [0.1, 0.15) is 23.6 Å². The fraction of sp³-hybridized carbons (Fsp3) is 0.333. The van der Waals surface area contributed by atoms with Gasteiger partial charge in [-0.05, 0) is 23.6 Å². The molecule has 32 heavy (non-hydrogen) atoms. The van der Waals surface area contributed by atoms with E-state index in [9.17, 15) is 5.11 Å². The van der Waals surface area contributed by atoms with E-state index in [1.54, 1.807) is 0 Å². The highest BCUT2D eigenvalue weighted by Gasteiger charge is 2.46. The van der Waals surface area contributed by atoms with Crippen molar-refractivity contribution in [2.75, 3.05) is 0 Å². The second-order valence-electron chi connectivity index (χ2n) is 8.02. The summed E-state index contributed by atoms with van der Waals surface area (Å²) in [6.45, 7) is 2.94. The molecule has 1 fully saturated rings. The minimum absolute atomic E-state index is 0.367. The second kappa shape index (κ2) is 11.4. The lowest BCUT2D eigenvalue weighted by Gasteiger charge is -2.43. The van der Waals surface area contributed by atoms with Crippen LogP contribution in [0, 0.1) is 0 Å². The van der Waals surface area contributed by atoms with Crippen LogP contribution in [-0.4, -0.2) is 35.8 Å². The molecule has 1 N–H and O–H groups in total. The van der Waals surface area contributed by atoms with Crippen LogP contribution in [0.15, 0.2) is 91.0 Å². The Labute approximate surface area is 189 Å². The largest absolute Gasteiger partial charge is 0.388 e. The number of benzene rings is 3. The Kier molecular flexibility index (Phi) is 8.04. The third-order valence-electron chi connectivity index (χ3n) is 5.59. The molecular formula is C27H30O5. The quantitative estimate of drug-likeness (QED) is 0.538. The third kappa shape index (κ3) is 6.03. The predicted molar refractivity (Wildman–Crippen MR) is 122 cm³/mol. The van der Waals surface area contributed by atoms with Gasteiger partial charge in [-0.2, -0.15) is 0 Å². The summed E-state index contributed by atoms with van der Waals surface area (Å²) < 4.78 is 24.6. The van der Waals surface area contributed by atoms with Gasteiger partial charge in [0, 0.05) is 0 Å². The first kappa shape index (κ1) is 22.6. The minimum Gasteiger partial charge on any atom is -0.388 e. The minimum atomic E-state index is -0.837. The van der Waals surface area contributed by atoms with E-state index in [-0.39, 0.29) is 0 Å². The van der Waals surface area contributed by atoms with E-state index in [4.69, 9.17) is 18.9 Å². The summed E-state index contributed by atoms with van der Waals surface area (Å²) in [5, 5.41) is 10.9. The fourth-order valence-electron chi connectivity index (χ4n) is 3.77. The number of ether oxygens (including phenoxy) is 4. The van der Waals surface area contributed by atoms with E-state index in [2.05, 4.69) is 0 Å². The first-order valence-corrected chi connectivity index (χ1v) is 11.0. The van der Waals surface area contributed by atoms with Crippen LogP contribution in [-0.2, 0) is 38.8 Å². The molecule has 0 radical (unpaired) electrons. The van der Waals surface area contributed by atoms with Gasteiger partial charge in [-0.3, -0.25) is 0 Å². The molecule has 0 unspecified atom stereocenters. The second-order valence-corrected chi connectivity index (χ2v) is 8.02. The van der Waals surface area contributed by atoms with E-state index >= 15 is 0 Å². The molecule has 0 amide bonds. The zero-order chi connectivity index (χ0) is 22.2. The Balaban J connectivity index is 1.50. The molecule has 0 spiro atoms. The third-order valence-corrected chi connectivity index (χ3v) is 5.59. The van der Waals surface area contributed by atoms with Gasteiger partial charge in [0.25, 0.3) is 0 Å². The molecule has 3 aromatic carbocycles. The van der Waals surface area contributed by atoms with Crippen molar-refractivity contribution in [3.63, 3.8) is 0 Å². The number of hydrogen-bond donors (Lipinski definition) is 1. The van der Waals surface area contributed by atoms with Crippen molar-refractivity contribution in [1.29, 1.82) is 0 Å². The van der Waals surface area contributed by atoms with Gasteiger partial charge in [0.15, 0.2) is 6.29 Å². The Hall–Kier alpha value is -2.54. The maximum Gasteiger partial charge on any atom is 0.187 e. The van der Waals surface area contributed by atoms with Crippen LogP contribution in [0.5, 0.6) is 0 Å². The van der Waals surface area contributed by atoms with Crippen molar-refractivity contribution < 1.29 is 24.1 Å². The zero-order valence-corrected chi connectivity index (χ0v) is 18.2. The number of aliphatic hydroxyl groups is 1. The molecule has 0 saturated carbocycles. The summed E-state index contributed by atoms with van der Waals surface area (Å²) in [7, 11) is 0. The number of rotatable bonds is 9. The lowest BCUT2D eigenvalue weighted by molar-refractivity contribution is -0.315. The maximum atomic E-state index is 10.9. The summed E-state index contributed by atoms with van der Waals surface area (Å²) >= 11 is 0. The Morgan fingerprint density at radius 3 is 1.50 bits per heavy atom. The molecule has 1 saturated heterocycles. The first-order valence-electron chi connectivity index (χ1n) is 11.0. The summed E-state index contributed by atoms with van der Waals surface area (Å²) in [5.41, 5.74) is 3.10. The summed E-state index contributed by atoms with van der Waals surface area (Å²) in [6, 6.07) is 29.7. The van der Waals surface area contributed by atoms with E-state index in [1.807, 2.05) is 97.9 Å². The molecule has 1 heterocycles. The highest BCUT2D eigenvalue weighted by Crippen LogP contribution is 2.29. The first-order chi connectivity index (χ1) is 15.7. The van der Waals surface area contributed by atoms with E-state index < -0.39 is 30.7 Å². The Bertz CT molecular complexity index is 919. The molecule has 0 bridgehead atoms. The average Bonchev–Trinajstić information content (AvgIpc) is 2.85. The molecule has 1 aliphatic rings. The van der Waals surface area contributed by atoms with Crippen LogP contribution in [0.4, 0.5) is 0 Å². The Morgan fingerprint density at radius 2 is 1.03 bits per heavy atom. The Morgan fingerprint density at radius 1 is 0.625 bits per heavy atom. The van der Waals surface area contributed by atoms with Crippen LogP contribution < -0.4 is 0 Å². The van der Waals surface area contributed by atoms with Crippen LogP contribution in [0.3, 0.4) is 0 Å². The lowest BCUT2D eigenvalue weighted by Crippen LogP contribution is -2.59. The van der Waals surface area contributed by atoms with E-state index in [0.717, 1.165) is 16.7 Å². The van der Waals surface area contributed by atoms with Crippen molar-refractivity contribution >= 4 is 0 Å². The van der Waals surface area contributed by atoms with Gasteiger partial charge >= 0.3 is 0 Å². The molecule has 5 nitrogen and oxygen atoms in total. The van der Waals surface area contributed by atoms with Crippen molar-refractivity contribution in [2.45, 2.75) is 57.5 Å². The molecular weight excluding hydrogens is 404 g/mol. The molecule has 5 heteroatoms. The molecule has 1 aliphatic heterocycles. The van der Waals surface area contributed by atoms with Gasteiger partial charge in [-0.15, -0.1) is 0 Å². The highest BCUT2D eigenvalue weighted by molar-refractivity contribution is 5.15. The summed E-state index contributed by atoms with van der Waals surface area (Å²) in [4.78, 5) is 0. The van der Waals surface area contributed by atoms with Gasteiger partial charge in [0.2, 0.25) is 0 Å². The van der Waals surface area contributed by atoms with Crippen molar-refractivity contribution in [1.82, 2.24) is 0 Å². The molecule has 5 atom stereocenters. The number of hydrogen-bond acceptors (Lipinski definition) is 5. The topological polar surface area (TPSA) is 57.2 Å². The highest BCUT2D eigenvalue weighted by atomic mass is 16.7.